The summed E-state index contributed by atoms with van der Waals surface area (Å²) in [7, 11) is -4.10. The second-order valence-electron chi connectivity index (χ2n) is 8.12. The molecule has 1 heterocycles. The molecule has 4 rings (SSSR count). The molecule has 0 spiro atoms. The van der Waals surface area contributed by atoms with Gasteiger partial charge in [-0.1, -0.05) is 32.9 Å². The monoisotopic (exact) mass is 363 g/mol. The van der Waals surface area contributed by atoms with E-state index in [0.717, 1.165) is 12.8 Å². The Hall–Kier alpha value is -1.73. The summed E-state index contributed by atoms with van der Waals surface area (Å²) in [6.07, 6.45) is 2.32. The average molecular weight is 363 g/mol. The first-order chi connectivity index (χ1) is 11.6. The van der Waals surface area contributed by atoms with Crippen LogP contribution in [0.4, 0.5) is 0 Å². The second-order valence-corrected chi connectivity index (χ2v) is 9.82. The molecular weight excluding hydrogens is 342 g/mol. The molecule has 134 valence electrons. The van der Waals surface area contributed by atoms with Crippen molar-refractivity contribution in [2.75, 3.05) is 0 Å². The standard InChI is InChI=1S/C18H21NO5S/c1-17(2)11-8-9-18(17,3)14(10-11)25(22,23)24-19-15(20)12-6-4-5-7-13(12)16(19)21/h4-7,11,14H,8-10H2,1-3H3. The lowest BCUT2D eigenvalue weighted by Crippen LogP contribution is -2.44. The van der Waals surface area contributed by atoms with Gasteiger partial charge in [-0.05, 0) is 48.1 Å². The predicted molar refractivity (Wildman–Crippen MR) is 90.0 cm³/mol. The van der Waals surface area contributed by atoms with E-state index < -0.39 is 32.6 Å². The Kier molecular flexibility index (Phi) is 3.29. The molecule has 25 heavy (non-hydrogen) atoms. The highest BCUT2D eigenvalue weighted by Gasteiger charge is 2.65. The number of hydrogen-bond donors (Lipinski definition) is 0. The first-order valence-electron chi connectivity index (χ1n) is 8.51. The van der Waals surface area contributed by atoms with Gasteiger partial charge >= 0.3 is 0 Å². The maximum atomic E-state index is 12.9. The number of fused-ring (bicyclic) bond motifs is 3. The van der Waals surface area contributed by atoms with Gasteiger partial charge in [-0.3, -0.25) is 9.59 Å². The molecule has 3 unspecified atom stereocenters. The van der Waals surface area contributed by atoms with Crippen LogP contribution in [0.1, 0.15) is 60.7 Å². The van der Waals surface area contributed by atoms with Gasteiger partial charge in [0.25, 0.3) is 21.9 Å². The average Bonchev–Trinajstić information content (AvgIpc) is 3.02. The van der Waals surface area contributed by atoms with Crippen LogP contribution >= 0.6 is 0 Å². The summed E-state index contributed by atoms with van der Waals surface area (Å²) in [4.78, 5) is 24.8. The third kappa shape index (κ3) is 2.02. The summed E-state index contributed by atoms with van der Waals surface area (Å²) < 4.78 is 31.0. The van der Waals surface area contributed by atoms with Gasteiger partial charge in [0.15, 0.2) is 0 Å². The Morgan fingerprint density at radius 1 is 1.08 bits per heavy atom. The zero-order valence-electron chi connectivity index (χ0n) is 14.5. The molecule has 7 heteroatoms. The smallest absolute Gasteiger partial charge is 0.266 e. The van der Waals surface area contributed by atoms with Crippen LogP contribution in [0.15, 0.2) is 24.3 Å². The van der Waals surface area contributed by atoms with Gasteiger partial charge in [-0.15, -0.1) is 9.35 Å². The Morgan fingerprint density at radius 3 is 2.08 bits per heavy atom. The van der Waals surface area contributed by atoms with Crippen LogP contribution in [-0.4, -0.2) is 30.5 Å². The van der Waals surface area contributed by atoms with E-state index in [9.17, 15) is 18.0 Å². The molecule has 3 aliphatic rings. The predicted octanol–water partition coefficient (Wildman–Crippen LogP) is 2.76. The largest absolute Gasteiger partial charge is 0.292 e. The van der Waals surface area contributed by atoms with Crippen LogP contribution < -0.4 is 0 Å². The number of benzene rings is 1. The molecular formula is C18H21NO5S. The van der Waals surface area contributed by atoms with E-state index in [1.807, 2.05) is 6.92 Å². The van der Waals surface area contributed by atoms with Gasteiger partial charge in [0, 0.05) is 0 Å². The van der Waals surface area contributed by atoms with E-state index in [2.05, 4.69) is 13.8 Å². The quantitative estimate of drug-likeness (QED) is 0.772. The number of hydrogen-bond acceptors (Lipinski definition) is 5. The molecule has 2 fully saturated rings. The lowest BCUT2D eigenvalue weighted by atomic mass is 9.71. The molecule has 2 saturated carbocycles. The molecule has 0 N–H and O–H groups in total. The topological polar surface area (TPSA) is 80.8 Å². The first kappa shape index (κ1) is 16.7. The minimum absolute atomic E-state index is 0.115. The lowest BCUT2D eigenvalue weighted by molar-refractivity contribution is -0.0127. The molecule has 2 amide bonds. The zero-order valence-corrected chi connectivity index (χ0v) is 15.3. The van der Waals surface area contributed by atoms with Crippen LogP contribution in [0.5, 0.6) is 0 Å². The third-order valence-electron chi connectivity index (χ3n) is 7.00. The van der Waals surface area contributed by atoms with Crippen molar-refractivity contribution < 1.29 is 22.3 Å². The SMILES string of the molecule is CC1(C)C2CCC1(C)C(S(=O)(=O)ON1C(=O)c3ccccc3C1=O)C2. The van der Waals surface area contributed by atoms with Crippen molar-refractivity contribution in [1.29, 1.82) is 0 Å². The number of rotatable bonds is 3. The van der Waals surface area contributed by atoms with Gasteiger partial charge in [0.05, 0.1) is 16.4 Å². The fourth-order valence-electron chi connectivity index (χ4n) is 4.96. The first-order valence-corrected chi connectivity index (χ1v) is 9.98. The fourth-order valence-corrected chi connectivity index (χ4v) is 6.93. The van der Waals surface area contributed by atoms with Crippen LogP contribution in [-0.2, 0) is 14.4 Å². The summed E-state index contributed by atoms with van der Waals surface area (Å²) in [6.45, 7) is 6.18. The maximum absolute atomic E-state index is 12.9. The highest BCUT2D eigenvalue weighted by atomic mass is 32.2. The number of carbonyl (C=O) groups excluding carboxylic acids is 2. The van der Waals surface area contributed by atoms with E-state index >= 15 is 0 Å². The van der Waals surface area contributed by atoms with Gasteiger partial charge in [-0.25, -0.2) is 0 Å². The van der Waals surface area contributed by atoms with Crippen molar-refractivity contribution in [3.8, 4) is 0 Å². The van der Waals surface area contributed by atoms with Crippen molar-refractivity contribution in [2.45, 2.75) is 45.3 Å². The molecule has 1 aromatic rings. The number of amides is 2. The van der Waals surface area contributed by atoms with E-state index in [-0.39, 0.29) is 16.5 Å². The second kappa shape index (κ2) is 4.92. The molecule has 0 radical (unpaired) electrons. The Balaban J connectivity index is 1.64. The van der Waals surface area contributed by atoms with Gasteiger partial charge in [-0.2, -0.15) is 8.42 Å². The number of carbonyl (C=O) groups is 2. The van der Waals surface area contributed by atoms with E-state index in [0.29, 0.717) is 17.4 Å². The summed E-state index contributed by atoms with van der Waals surface area (Å²) >= 11 is 0. The summed E-state index contributed by atoms with van der Waals surface area (Å²) in [6, 6.07) is 6.24. The molecule has 0 saturated heterocycles. The van der Waals surface area contributed by atoms with E-state index in [1.54, 1.807) is 12.1 Å². The molecule has 1 aliphatic heterocycles. The van der Waals surface area contributed by atoms with Crippen LogP contribution in [0.3, 0.4) is 0 Å². The molecule has 3 atom stereocenters. The fraction of sp³-hybridized carbons (Fsp3) is 0.556. The molecule has 6 nitrogen and oxygen atoms in total. The maximum Gasteiger partial charge on any atom is 0.292 e. The summed E-state index contributed by atoms with van der Waals surface area (Å²) in [5, 5.41) is -0.305. The number of nitrogens with zero attached hydrogens (tertiary/aromatic N) is 1. The Morgan fingerprint density at radius 2 is 1.64 bits per heavy atom. The van der Waals surface area contributed by atoms with Crippen molar-refractivity contribution in [2.24, 2.45) is 16.7 Å². The highest BCUT2D eigenvalue weighted by Crippen LogP contribution is 2.67. The van der Waals surface area contributed by atoms with Gasteiger partial charge < -0.3 is 0 Å². The normalized spacial score (nSPS) is 33.2. The van der Waals surface area contributed by atoms with Crippen LogP contribution in [0.2, 0.25) is 0 Å². The number of hydroxylamine groups is 2. The van der Waals surface area contributed by atoms with Crippen molar-refractivity contribution >= 4 is 21.9 Å². The summed E-state index contributed by atoms with van der Waals surface area (Å²) in [5.41, 5.74) is -0.199. The Labute approximate surface area is 147 Å². The minimum Gasteiger partial charge on any atom is -0.266 e. The van der Waals surface area contributed by atoms with Crippen molar-refractivity contribution in [1.82, 2.24) is 5.06 Å². The highest BCUT2D eigenvalue weighted by molar-refractivity contribution is 7.87. The van der Waals surface area contributed by atoms with E-state index in [4.69, 9.17) is 4.28 Å². The zero-order chi connectivity index (χ0) is 18.2. The minimum atomic E-state index is -4.10. The van der Waals surface area contributed by atoms with Gasteiger partial charge in [0.1, 0.15) is 0 Å². The summed E-state index contributed by atoms with van der Waals surface area (Å²) in [5.74, 6) is -1.14. The lowest BCUT2D eigenvalue weighted by Gasteiger charge is -2.38. The van der Waals surface area contributed by atoms with Crippen molar-refractivity contribution in [3.63, 3.8) is 0 Å². The van der Waals surface area contributed by atoms with Crippen LogP contribution in [0.25, 0.3) is 0 Å². The van der Waals surface area contributed by atoms with Crippen LogP contribution in [0, 0.1) is 16.7 Å². The molecule has 1 aromatic carbocycles. The number of imide groups is 1. The molecule has 2 aliphatic carbocycles. The third-order valence-corrected chi connectivity index (χ3v) is 8.76. The molecule has 2 bridgehead atoms. The van der Waals surface area contributed by atoms with Crippen molar-refractivity contribution in [3.05, 3.63) is 35.4 Å². The van der Waals surface area contributed by atoms with E-state index in [1.165, 1.54) is 12.1 Å². The Bertz CT molecular complexity index is 855. The molecule has 0 aromatic heterocycles. The van der Waals surface area contributed by atoms with Gasteiger partial charge in [0.2, 0.25) is 0 Å².